The Hall–Kier alpha value is -0.326. The van der Waals surface area contributed by atoms with Gasteiger partial charge >= 0.3 is 0 Å². The Bertz CT molecular complexity index is 388. The molecule has 0 spiro atoms. The Morgan fingerprint density at radius 3 is 2.38 bits per heavy atom. The van der Waals surface area contributed by atoms with Crippen LogP contribution in [-0.2, 0) is 32.7 Å². The van der Waals surface area contributed by atoms with Gasteiger partial charge in [0.2, 0.25) is 0 Å². The fourth-order valence-electron chi connectivity index (χ4n) is 1.50. The molecular weight excluding hydrogens is 233 g/mol. The van der Waals surface area contributed by atoms with Crippen molar-refractivity contribution in [2.45, 2.75) is 6.92 Å². The van der Waals surface area contributed by atoms with Gasteiger partial charge in [-0.2, -0.15) is 18.1 Å². The normalized spacial score (nSPS) is 9.31. The van der Waals surface area contributed by atoms with Gasteiger partial charge in [0, 0.05) is 32.7 Å². The molecule has 0 bridgehead atoms. The minimum Gasteiger partial charge on any atom is -0.186 e. The average molecular weight is 244 g/mol. The molecule has 0 atom stereocenters. The Morgan fingerprint density at radius 2 is 1.62 bits per heavy atom. The van der Waals surface area contributed by atoms with Crippen molar-refractivity contribution in [2.75, 3.05) is 0 Å². The van der Waals surface area contributed by atoms with Crippen molar-refractivity contribution in [2.24, 2.45) is 0 Å². The molecule has 0 aliphatic heterocycles. The van der Waals surface area contributed by atoms with E-state index in [1.807, 2.05) is 0 Å². The molecule has 13 heavy (non-hydrogen) atoms. The van der Waals surface area contributed by atoms with E-state index >= 15 is 0 Å². The van der Waals surface area contributed by atoms with E-state index in [9.17, 15) is 0 Å². The molecular formula is C12H11Y-. The van der Waals surface area contributed by atoms with Gasteiger partial charge in [-0.1, -0.05) is 36.6 Å². The van der Waals surface area contributed by atoms with Gasteiger partial charge in [0.25, 0.3) is 0 Å². The number of rotatable bonds is 1. The molecule has 0 amide bonds. The molecule has 0 heterocycles. The monoisotopic (exact) mass is 244 g/mol. The summed E-state index contributed by atoms with van der Waals surface area (Å²) >= 11 is 0. The van der Waals surface area contributed by atoms with Crippen LogP contribution in [0.1, 0.15) is 12.5 Å². The van der Waals surface area contributed by atoms with Gasteiger partial charge < -0.3 is 0 Å². The summed E-state index contributed by atoms with van der Waals surface area (Å²) in [4.78, 5) is 0. The molecule has 0 saturated carbocycles. The molecule has 0 aliphatic carbocycles. The smallest absolute Gasteiger partial charge is 0 e. The summed E-state index contributed by atoms with van der Waals surface area (Å²) in [7, 11) is 0. The fraction of sp³-hybridized carbons (Fsp3) is 0.0833. The van der Waals surface area contributed by atoms with E-state index in [1.54, 1.807) is 0 Å². The van der Waals surface area contributed by atoms with E-state index in [0.29, 0.717) is 0 Å². The Morgan fingerprint density at radius 1 is 0.923 bits per heavy atom. The number of hydrogen-bond donors (Lipinski definition) is 0. The first-order valence-corrected chi connectivity index (χ1v) is 4.19. The maximum absolute atomic E-state index is 2.16. The zero-order valence-corrected chi connectivity index (χ0v) is 10.5. The summed E-state index contributed by atoms with van der Waals surface area (Å²) in [6, 6.07) is 14.8. The third-order valence-corrected chi connectivity index (χ3v) is 2.13. The quantitative estimate of drug-likeness (QED) is 0.674. The Labute approximate surface area is 104 Å². The molecule has 0 aliphatic rings. The number of hydrogen-bond acceptors (Lipinski definition) is 0. The molecule has 2 aromatic carbocycles. The number of benzene rings is 2. The second-order valence-electron chi connectivity index (χ2n) is 2.86. The SMILES string of the molecule is C[CH-]c1cccc2ccccc12.[Y]. The average Bonchev–Trinajstić information content (AvgIpc) is 2.17. The van der Waals surface area contributed by atoms with Gasteiger partial charge in [0.1, 0.15) is 0 Å². The van der Waals surface area contributed by atoms with Gasteiger partial charge in [-0.05, 0) is 0 Å². The van der Waals surface area contributed by atoms with Crippen molar-refractivity contribution in [1.29, 1.82) is 0 Å². The van der Waals surface area contributed by atoms with Crippen LogP contribution in [0.3, 0.4) is 0 Å². The third kappa shape index (κ3) is 2.13. The summed E-state index contributed by atoms with van der Waals surface area (Å²) in [5.74, 6) is 0. The minimum atomic E-state index is 0. The summed E-state index contributed by atoms with van der Waals surface area (Å²) < 4.78 is 0. The summed E-state index contributed by atoms with van der Waals surface area (Å²) in [6.07, 6.45) is 2.14. The molecule has 0 unspecified atom stereocenters. The van der Waals surface area contributed by atoms with Gasteiger partial charge in [0.15, 0.2) is 0 Å². The molecule has 0 fully saturated rings. The molecule has 63 valence electrons. The maximum atomic E-state index is 2.16. The maximum Gasteiger partial charge on any atom is 0 e. The van der Waals surface area contributed by atoms with Gasteiger partial charge in [-0.3, -0.25) is 0 Å². The van der Waals surface area contributed by atoms with Gasteiger partial charge in [0.05, 0.1) is 0 Å². The van der Waals surface area contributed by atoms with E-state index in [0.717, 1.165) is 0 Å². The first-order valence-electron chi connectivity index (χ1n) is 4.19. The molecule has 2 aromatic rings. The second kappa shape index (κ2) is 4.78. The molecule has 0 nitrogen and oxygen atoms in total. The van der Waals surface area contributed by atoms with Crippen molar-refractivity contribution in [3.8, 4) is 0 Å². The van der Waals surface area contributed by atoms with Crippen LogP contribution in [0, 0.1) is 6.42 Å². The molecule has 0 saturated heterocycles. The molecule has 1 radical (unpaired) electrons. The zero-order chi connectivity index (χ0) is 8.39. The minimum absolute atomic E-state index is 0. The second-order valence-corrected chi connectivity index (χ2v) is 2.86. The van der Waals surface area contributed by atoms with Crippen molar-refractivity contribution < 1.29 is 32.7 Å². The van der Waals surface area contributed by atoms with Crippen LogP contribution in [0.25, 0.3) is 10.8 Å². The van der Waals surface area contributed by atoms with Gasteiger partial charge in [-0.25, -0.2) is 0 Å². The van der Waals surface area contributed by atoms with Crippen molar-refractivity contribution in [3.63, 3.8) is 0 Å². The van der Waals surface area contributed by atoms with Crippen LogP contribution in [0.4, 0.5) is 0 Å². The van der Waals surface area contributed by atoms with Crippen LogP contribution in [0.15, 0.2) is 42.5 Å². The molecule has 0 N–H and O–H groups in total. The number of fused-ring (bicyclic) bond motifs is 1. The fourth-order valence-corrected chi connectivity index (χ4v) is 1.50. The summed E-state index contributed by atoms with van der Waals surface area (Å²) in [5, 5.41) is 2.65. The van der Waals surface area contributed by atoms with Gasteiger partial charge in [-0.15, -0.1) is 17.5 Å². The predicted molar refractivity (Wildman–Crippen MR) is 53.0 cm³/mol. The van der Waals surface area contributed by atoms with E-state index in [-0.39, 0.29) is 32.7 Å². The van der Waals surface area contributed by atoms with Crippen LogP contribution in [0.2, 0.25) is 0 Å². The van der Waals surface area contributed by atoms with E-state index in [2.05, 4.69) is 55.8 Å². The van der Waals surface area contributed by atoms with E-state index < -0.39 is 0 Å². The summed E-state index contributed by atoms with van der Waals surface area (Å²) in [5.41, 5.74) is 1.31. The largest absolute Gasteiger partial charge is 0.186 e. The molecule has 1 heteroatoms. The molecule has 0 aromatic heterocycles. The first kappa shape index (κ1) is 10.8. The van der Waals surface area contributed by atoms with Crippen molar-refractivity contribution in [1.82, 2.24) is 0 Å². The van der Waals surface area contributed by atoms with Crippen molar-refractivity contribution >= 4 is 10.8 Å². The Kier molecular flexibility index (Phi) is 3.96. The Balaban J connectivity index is 0.000000845. The van der Waals surface area contributed by atoms with Crippen LogP contribution in [-0.4, -0.2) is 0 Å². The third-order valence-electron chi connectivity index (χ3n) is 2.13. The predicted octanol–water partition coefficient (Wildman–Crippen LogP) is 3.41. The van der Waals surface area contributed by atoms with E-state index in [1.165, 1.54) is 16.3 Å². The van der Waals surface area contributed by atoms with Crippen LogP contribution >= 0.6 is 0 Å². The van der Waals surface area contributed by atoms with Crippen molar-refractivity contribution in [3.05, 3.63) is 54.4 Å². The summed E-state index contributed by atoms with van der Waals surface area (Å²) in [6.45, 7) is 2.07. The first-order chi connectivity index (χ1) is 5.92. The van der Waals surface area contributed by atoms with Crippen LogP contribution < -0.4 is 0 Å². The topological polar surface area (TPSA) is 0 Å². The molecule has 2 rings (SSSR count). The standard InChI is InChI=1S/C12H11.Y/c1-2-10-7-5-8-11-6-3-4-9-12(10)11;/h2-9H,1H3;/q-1;. The van der Waals surface area contributed by atoms with Crippen LogP contribution in [0.5, 0.6) is 0 Å². The van der Waals surface area contributed by atoms with E-state index in [4.69, 9.17) is 0 Å². The zero-order valence-electron chi connectivity index (χ0n) is 7.70.